The van der Waals surface area contributed by atoms with Gasteiger partial charge in [0, 0.05) is 26.2 Å². The van der Waals surface area contributed by atoms with Gasteiger partial charge in [-0.3, -0.25) is 9.79 Å². The summed E-state index contributed by atoms with van der Waals surface area (Å²) in [5.41, 5.74) is -1.95. The van der Waals surface area contributed by atoms with Crippen molar-refractivity contribution in [3.63, 3.8) is 0 Å². The van der Waals surface area contributed by atoms with E-state index in [0.29, 0.717) is 13.0 Å². The van der Waals surface area contributed by atoms with Gasteiger partial charge in [0.05, 0.1) is 10.3 Å². The molecule has 6 nitrogen and oxygen atoms in total. The van der Waals surface area contributed by atoms with Crippen LogP contribution in [0.2, 0.25) is 25.7 Å². The number of ether oxygens (including phenoxy) is 2. The minimum absolute atomic E-state index is 0.0622. The van der Waals surface area contributed by atoms with Crippen molar-refractivity contribution < 1.29 is 27.8 Å². The topological polar surface area (TPSA) is 68.2 Å². The second kappa shape index (κ2) is 9.59. The van der Waals surface area contributed by atoms with Crippen molar-refractivity contribution in [2.24, 2.45) is 10.9 Å². The van der Waals surface area contributed by atoms with E-state index >= 15 is 0 Å². The Labute approximate surface area is 211 Å². The zero-order valence-corrected chi connectivity index (χ0v) is 23.6. The number of fused-ring (bicyclic) bond motifs is 1. The molecule has 0 N–H and O–H groups in total. The number of aliphatic imine (C=N–C) groups is 1. The predicted octanol–water partition coefficient (Wildman–Crippen LogP) is 6.18. The van der Waals surface area contributed by atoms with Gasteiger partial charge >= 0.3 is 6.09 Å². The van der Waals surface area contributed by atoms with E-state index in [-0.39, 0.29) is 29.2 Å². The number of Topliss-reactive ketones (excluding diaryl/α,β-unsaturated/α-hetero) is 1. The summed E-state index contributed by atoms with van der Waals surface area (Å²) in [7, 11) is -1.36. The standard InChI is InChI=1S/C25H36F2N2O4SSi/c1-16(30)25-14-19(25)24(5,17-10-9-11-18(26)20(17)27)28-21(34-25)29(22(31)33-23(2,3)4)15-32-12-13-35(6,7)8/h9-11,19H,12-15H2,1-8H3/t19-,24+,25+/m0/s1. The summed E-state index contributed by atoms with van der Waals surface area (Å²) in [6, 6.07) is 4.87. The van der Waals surface area contributed by atoms with Crippen molar-refractivity contribution in [1.29, 1.82) is 0 Å². The van der Waals surface area contributed by atoms with Crippen molar-refractivity contribution in [1.82, 2.24) is 4.90 Å². The Morgan fingerprint density at radius 1 is 1.26 bits per heavy atom. The van der Waals surface area contributed by atoms with Gasteiger partial charge in [0.2, 0.25) is 0 Å². The summed E-state index contributed by atoms with van der Waals surface area (Å²) in [4.78, 5) is 32.1. The highest BCUT2D eigenvalue weighted by atomic mass is 32.2. The van der Waals surface area contributed by atoms with Gasteiger partial charge in [-0.2, -0.15) is 0 Å². The third-order valence-corrected chi connectivity index (χ3v) is 9.65. The lowest BCUT2D eigenvalue weighted by Crippen LogP contribution is -2.46. The highest BCUT2D eigenvalue weighted by molar-refractivity contribution is 8.16. The van der Waals surface area contributed by atoms with Crippen LogP contribution in [0.1, 0.15) is 46.6 Å². The van der Waals surface area contributed by atoms with Gasteiger partial charge in [-0.25, -0.2) is 18.5 Å². The number of amidine groups is 1. The number of hydrogen-bond acceptors (Lipinski definition) is 6. The number of hydrogen-bond donors (Lipinski definition) is 0. The molecule has 0 bridgehead atoms. The van der Waals surface area contributed by atoms with Gasteiger partial charge in [0.15, 0.2) is 16.8 Å². The fraction of sp³-hybridized carbons (Fsp3) is 0.640. The number of ketones is 1. The highest BCUT2D eigenvalue weighted by Gasteiger charge is 2.70. The molecule has 1 aliphatic carbocycles. The Balaban J connectivity index is 2.03. The van der Waals surface area contributed by atoms with E-state index in [1.807, 2.05) is 0 Å². The summed E-state index contributed by atoms with van der Waals surface area (Å²) in [5, 5.41) is 0.211. The molecule has 2 aliphatic rings. The van der Waals surface area contributed by atoms with Gasteiger partial charge in [-0.1, -0.05) is 43.5 Å². The molecule has 3 atom stereocenters. The normalized spacial score (nSPS) is 26.0. The number of carbonyl (C=O) groups is 2. The van der Waals surface area contributed by atoms with Crippen LogP contribution < -0.4 is 0 Å². The zero-order valence-electron chi connectivity index (χ0n) is 21.8. The van der Waals surface area contributed by atoms with Crippen LogP contribution in [-0.4, -0.2) is 53.7 Å². The Bertz CT molecular complexity index is 1040. The fourth-order valence-electron chi connectivity index (χ4n) is 4.23. The van der Waals surface area contributed by atoms with E-state index in [4.69, 9.17) is 14.5 Å². The first kappa shape index (κ1) is 27.8. The number of carbonyl (C=O) groups excluding carboxylic acids is 2. The monoisotopic (exact) mass is 526 g/mol. The minimum atomic E-state index is -1.36. The number of nitrogens with zero attached hydrogens (tertiary/aromatic N) is 2. The Hall–Kier alpha value is -1.78. The second-order valence-corrected chi connectivity index (χ2v) is 18.6. The molecule has 194 valence electrons. The molecule has 35 heavy (non-hydrogen) atoms. The van der Waals surface area contributed by atoms with Gasteiger partial charge in [0.25, 0.3) is 0 Å². The fourth-order valence-corrected chi connectivity index (χ4v) is 6.55. The molecule has 10 heteroatoms. The maximum atomic E-state index is 15.0. The summed E-state index contributed by atoms with van der Waals surface area (Å²) in [6.45, 7) is 15.5. The predicted molar refractivity (Wildman–Crippen MR) is 137 cm³/mol. The van der Waals surface area contributed by atoms with Crippen LogP contribution in [-0.2, 0) is 19.8 Å². The van der Waals surface area contributed by atoms with Crippen LogP contribution in [0.3, 0.4) is 0 Å². The average Bonchev–Trinajstić information content (AvgIpc) is 3.45. The number of benzene rings is 1. The molecule has 0 spiro atoms. The molecule has 0 unspecified atom stereocenters. The third kappa shape index (κ3) is 5.97. The Morgan fingerprint density at radius 2 is 1.91 bits per heavy atom. The van der Waals surface area contributed by atoms with Crippen LogP contribution in [0.15, 0.2) is 23.2 Å². The van der Waals surface area contributed by atoms with Gasteiger partial charge in [-0.05, 0) is 53.1 Å². The number of halogens is 2. The van der Waals surface area contributed by atoms with E-state index in [1.54, 1.807) is 27.7 Å². The summed E-state index contributed by atoms with van der Waals surface area (Å²) >= 11 is 1.19. The first-order chi connectivity index (χ1) is 16.0. The van der Waals surface area contributed by atoms with Gasteiger partial charge in [-0.15, -0.1) is 0 Å². The van der Waals surface area contributed by atoms with Crippen molar-refractivity contribution in [2.45, 2.75) is 82.6 Å². The molecular weight excluding hydrogens is 490 g/mol. The molecule has 1 amide bonds. The third-order valence-electron chi connectivity index (χ3n) is 6.34. The molecule has 1 aromatic rings. The second-order valence-electron chi connectivity index (χ2n) is 11.7. The van der Waals surface area contributed by atoms with E-state index in [0.717, 1.165) is 12.1 Å². The van der Waals surface area contributed by atoms with Crippen LogP contribution in [0.5, 0.6) is 0 Å². The number of rotatable bonds is 7. The van der Waals surface area contributed by atoms with Crippen molar-refractivity contribution in [3.8, 4) is 0 Å². The highest BCUT2D eigenvalue weighted by Crippen LogP contribution is 2.67. The lowest BCUT2D eigenvalue weighted by atomic mass is 9.85. The molecule has 1 aromatic carbocycles. The smallest absolute Gasteiger partial charge is 0.418 e. The van der Waals surface area contributed by atoms with Crippen LogP contribution in [0.4, 0.5) is 13.6 Å². The largest absolute Gasteiger partial charge is 0.443 e. The average molecular weight is 527 g/mol. The van der Waals surface area contributed by atoms with Crippen molar-refractivity contribution in [3.05, 3.63) is 35.4 Å². The van der Waals surface area contributed by atoms with Gasteiger partial charge in [0.1, 0.15) is 18.1 Å². The summed E-state index contributed by atoms with van der Waals surface area (Å²) < 4.78 is 39.7. The maximum absolute atomic E-state index is 15.0. The molecule has 0 aromatic heterocycles. The lowest BCUT2D eigenvalue weighted by Gasteiger charge is -2.37. The zero-order chi connectivity index (χ0) is 26.4. The van der Waals surface area contributed by atoms with E-state index < -0.39 is 41.7 Å². The summed E-state index contributed by atoms with van der Waals surface area (Å²) in [5.74, 6) is -2.39. The van der Waals surface area contributed by atoms with Crippen LogP contribution >= 0.6 is 11.8 Å². The molecule has 0 radical (unpaired) electrons. The molecule has 1 heterocycles. The number of amides is 1. The van der Waals surface area contributed by atoms with Crippen molar-refractivity contribution in [2.75, 3.05) is 13.3 Å². The molecule has 0 saturated heterocycles. The Kier molecular flexibility index (Phi) is 7.62. The quantitative estimate of drug-likeness (QED) is 0.241. The molecule has 1 saturated carbocycles. The molecular formula is C25H36F2N2O4SSi. The first-order valence-electron chi connectivity index (χ1n) is 11.8. The van der Waals surface area contributed by atoms with Crippen LogP contribution in [0, 0.1) is 17.6 Å². The molecule has 1 fully saturated rings. The van der Waals surface area contributed by atoms with Gasteiger partial charge < -0.3 is 9.47 Å². The first-order valence-corrected chi connectivity index (χ1v) is 16.4. The lowest BCUT2D eigenvalue weighted by molar-refractivity contribution is -0.117. The number of thioether (sulfide) groups is 1. The van der Waals surface area contributed by atoms with E-state index in [2.05, 4.69) is 19.6 Å². The maximum Gasteiger partial charge on any atom is 0.418 e. The molecule has 3 rings (SSSR count). The Morgan fingerprint density at radius 3 is 2.49 bits per heavy atom. The molecule has 1 aliphatic heterocycles. The minimum Gasteiger partial charge on any atom is -0.443 e. The van der Waals surface area contributed by atoms with E-state index in [9.17, 15) is 18.4 Å². The van der Waals surface area contributed by atoms with Crippen LogP contribution in [0.25, 0.3) is 0 Å². The van der Waals surface area contributed by atoms with Crippen molar-refractivity contribution >= 4 is 36.9 Å². The SMILES string of the molecule is CC(=O)[C@]12C[C@H]1[C@@](C)(c1cccc(F)c1F)N=C(N(COCC[Si](C)(C)C)C(=O)OC(C)(C)C)S2. The summed E-state index contributed by atoms with van der Waals surface area (Å²) in [6.07, 6.45) is -0.220. The van der Waals surface area contributed by atoms with E-state index in [1.165, 1.54) is 35.7 Å².